The maximum absolute atomic E-state index is 13.4. The molecule has 10 heteroatoms. The second kappa shape index (κ2) is 9.72. The van der Waals surface area contributed by atoms with E-state index in [1.807, 2.05) is 30.3 Å². The molecule has 0 bridgehead atoms. The van der Waals surface area contributed by atoms with Crippen molar-refractivity contribution < 1.29 is 23.9 Å². The Labute approximate surface area is 202 Å². The lowest BCUT2D eigenvalue weighted by atomic mass is 9.73. The summed E-state index contributed by atoms with van der Waals surface area (Å²) in [6.45, 7) is 0.183. The Morgan fingerprint density at radius 1 is 1.21 bits per heavy atom. The van der Waals surface area contributed by atoms with Crippen LogP contribution in [0.2, 0.25) is 5.02 Å². The van der Waals surface area contributed by atoms with Crippen molar-refractivity contribution in [2.24, 2.45) is 16.3 Å². The Kier molecular flexibility index (Phi) is 6.74. The van der Waals surface area contributed by atoms with E-state index in [0.717, 1.165) is 11.3 Å². The van der Waals surface area contributed by atoms with Crippen molar-refractivity contribution in [2.75, 3.05) is 26.7 Å². The molecule has 0 radical (unpaired) electrons. The van der Waals surface area contributed by atoms with E-state index in [4.69, 9.17) is 26.8 Å². The van der Waals surface area contributed by atoms with Crippen molar-refractivity contribution in [3.8, 4) is 5.75 Å². The number of fused-ring (bicyclic) bond motifs is 1. The first-order chi connectivity index (χ1) is 16.3. The number of primary amides is 1. The third-order valence-electron chi connectivity index (χ3n) is 6.00. The van der Waals surface area contributed by atoms with Gasteiger partial charge >= 0.3 is 6.09 Å². The topological polar surface area (TPSA) is 115 Å². The summed E-state index contributed by atoms with van der Waals surface area (Å²) in [5, 5.41) is 6.25. The van der Waals surface area contributed by atoms with Gasteiger partial charge in [-0.3, -0.25) is 9.59 Å². The van der Waals surface area contributed by atoms with E-state index in [2.05, 4.69) is 5.10 Å². The van der Waals surface area contributed by atoms with Crippen molar-refractivity contribution >= 4 is 35.2 Å². The van der Waals surface area contributed by atoms with Gasteiger partial charge in [-0.15, -0.1) is 0 Å². The van der Waals surface area contributed by atoms with Crippen LogP contribution in [0.5, 0.6) is 5.75 Å². The van der Waals surface area contributed by atoms with Gasteiger partial charge in [0.25, 0.3) is 11.8 Å². The second-order valence-electron chi connectivity index (χ2n) is 8.32. The SMILES string of the molecule is CN1N=C2CCN(C(=O)[C@@H](COc3cccc(Cl)c3)OC(N)=O)C[C@@]2(Cc2ccccc2)C1=O. The number of benzene rings is 2. The summed E-state index contributed by atoms with van der Waals surface area (Å²) in [7, 11) is 1.62. The zero-order chi connectivity index (χ0) is 24.3. The maximum Gasteiger partial charge on any atom is 0.405 e. The van der Waals surface area contributed by atoms with Crippen LogP contribution in [0.25, 0.3) is 0 Å². The van der Waals surface area contributed by atoms with Gasteiger partial charge in [-0.25, -0.2) is 9.80 Å². The molecular formula is C24H25ClN4O5. The van der Waals surface area contributed by atoms with Crippen LogP contribution in [0.4, 0.5) is 4.79 Å². The number of nitrogens with zero attached hydrogens (tertiary/aromatic N) is 3. The Morgan fingerprint density at radius 2 is 1.97 bits per heavy atom. The molecule has 0 spiro atoms. The van der Waals surface area contributed by atoms with Gasteiger partial charge in [-0.2, -0.15) is 5.10 Å². The van der Waals surface area contributed by atoms with Crippen LogP contribution in [-0.4, -0.2) is 66.4 Å². The highest BCUT2D eigenvalue weighted by atomic mass is 35.5. The average molecular weight is 485 g/mol. The quantitative estimate of drug-likeness (QED) is 0.648. The predicted octanol–water partition coefficient (Wildman–Crippen LogP) is 2.47. The number of hydrogen-bond acceptors (Lipinski definition) is 6. The molecule has 9 nitrogen and oxygen atoms in total. The summed E-state index contributed by atoms with van der Waals surface area (Å²) in [6, 6.07) is 16.2. The predicted molar refractivity (Wildman–Crippen MR) is 125 cm³/mol. The molecule has 178 valence electrons. The Bertz CT molecular complexity index is 1130. The minimum atomic E-state index is -1.28. The fourth-order valence-electron chi connectivity index (χ4n) is 4.44. The molecule has 0 aliphatic carbocycles. The number of halogens is 1. The molecule has 3 amide bonds. The Hall–Kier alpha value is -3.59. The smallest absolute Gasteiger partial charge is 0.405 e. The largest absolute Gasteiger partial charge is 0.489 e. The van der Waals surface area contributed by atoms with Gasteiger partial charge in [0.15, 0.2) is 0 Å². The first-order valence-corrected chi connectivity index (χ1v) is 11.2. The summed E-state index contributed by atoms with van der Waals surface area (Å²) in [6.07, 6.45) is -1.55. The monoisotopic (exact) mass is 484 g/mol. The van der Waals surface area contributed by atoms with E-state index in [1.165, 1.54) is 9.91 Å². The molecule has 1 saturated heterocycles. The van der Waals surface area contributed by atoms with Crippen LogP contribution < -0.4 is 10.5 Å². The number of nitrogens with two attached hydrogens (primary N) is 1. The first-order valence-electron chi connectivity index (χ1n) is 10.8. The molecule has 2 aliphatic rings. The molecular weight excluding hydrogens is 460 g/mol. The first kappa shape index (κ1) is 23.6. The molecule has 2 atom stereocenters. The Morgan fingerprint density at radius 3 is 2.68 bits per heavy atom. The lowest BCUT2D eigenvalue weighted by Crippen LogP contribution is -2.58. The van der Waals surface area contributed by atoms with Crippen LogP contribution in [0, 0.1) is 5.41 Å². The van der Waals surface area contributed by atoms with Crippen LogP contribution in [0.3, 0.4) is 0 Å². The normalized spacial score (nSPS) is 20.4. The van der Waals surface area contributed by atoms with Gasteiger partial charge in [0.2, 0.25) is 6.10 Å². The van der Waals surface area contributed by atoms with Crippen molar-refractivity contribution in [1.82, 2.24) is 9.91 Å². The number of amides is 3. The minimum Gasteiger partial charge on any atom is -0.489 e. The molecule has 4 rings (SSSR count). The van der Waals surface area contributed by atoms with E-state index >= 15 is 0 Å². The molecule has 2 aromatic rings. The van der Waals surface area contributed by atoms with E-state index in [-0.39, 0.29) is 19.1 Å². The van der Waals surface area contributed by atoms with Crippen LogP contribution in [0.15, 0.2) is 59.7 Å². The highest BCUT2D eigenvalue weighted by molar-refractivity contribution is 6.30. The zero-order valence-corrected chi connectivity index (χ0v) is 19.4. The molecule has 0 saturated carbocycles. The number of carbonyl (C=O) groups excluding carboxylic acids is 3. The van der Waals surface area contributed by atoms with E-state index < -0.39 is 23.5 Å². The maximum atomic E-state index is 13.4. The van der Waals surface area contributed by atoms with Crippen LogP contribution in [0.1, 0.15) is 12.0 Å². The highest BCUT2D eigenvalue weighted by Crippen LogP contribution is 2.38. The number of rotatable bonds is 7. The van der Waals surface area contributed by atoms with E-state index in [1.54, 1.807) is 31.3 Å². The summed E-state index contributed by atoms with van der Waals surface area (Å²) in [5.41, 5.74) is 5.95. The summed E-state index contributed by atoms with van der Waals surface area (Å²) in [5.74, 6) is -0.249. The third kappa shape index (κ3) is 4.84. The van der Waals surface area contributed by atoms with Gasteiger partial charge in [0, 0.05) is 31.6 Å². The van der Waals surface area contributed by atoms with Gasteiger partial charge in [0.1, 0.15) is 17.8 Å². The lowest BCUT2D eigenvalue weighted by molar-refractivity contribution is -0.146. The minimum absolute atomic E-state index is 0.110. The van der Waals surface area contributed by atoms with Crippen molar-refractivity contribution in [3.05, 3.63) is 65.2 Å². The molecule has 2 N–H and O–H groups in total. The Balaban J connectivity index is 1.55. The standard InChI is InChI=1S/C24H25ClN4O5/c1-28-22(31)24(13-16-6-3-2-4-7-16)15-29(11-10-20(24)27-28)21(30)19(34-23(26)32)14-33-18-9-5-8-17(25)12-18/h2-9,12,19H,10-11,13-15H2,1H3,(H2,26,32)/t19-,24-/m1/s1. The number of carbonyl (C=O) groups is 3. The molecule has 2 aliphatic heterocycles. The third-order valence-corrected chi connectivity index (χ3v) is 6.23. The fraction of sp³-hybridized carbons (Fsp3) is 0.333. The van der Waals surface area contributed by atoms with Crippen LogP contribution in [-0.2, 0) is 20.7 Å². The number of hydrogen-bond donors (Lipinski definition) is 1. The van der Waals surface area contributed by atoms with Gasteiger partial charge in [-0.05, 0) is 30.2 Å². The molecule has 0 aromatic heterocycles. The van der Waals surface area contributed by atoms with E-state index in [9.17, 15) is 14.4 Å². The van der Waals surface area contributed by atoms with Crippen molar-refractivity contribution in [1.29, 1.82) is 0 Å². The second-order valence-corrected chi connectivity index (χ2v) is 8.76. The number of likely N-dealkylation sites (tertiary alicyclic amines) is 1. The molecule has 2 heterocycles. The van der Waals surface area contributed by atoms with Gasteiger partial charge in [-0.1, -0.05) is 48.0 Å². The van der Waals surface area contributed by atoms with Crippen molar-refractivity contribution in [2.45, 2.75) is 18.9 Å². The molecule has 0 unspecified atom stereocenters. The van der Waals surface area contributed by atoms with Gasteiger partial charge < -0.3 is 20.1 Å². The van der Waals surface area contributed by atoms with E-state index in [0.29, 0.717) is 30.2 Å². The summed E-state index contributed by atoms with van der Waals surface area (Å²) < 4.78 is 10.7. The average Bonchev–Trinajstić information content (AvgIpc) is 3.06. The van der Waals surface area contributed by atoms with Crippen LogP contribution >= 0.6 is 11.6 Å². The number of hydrazone groups is 1. The molecule has 2 aromatic carbocycles. The van der Waals surface area contributed by atoms with Gasteiger partial charge in [0.05, 0.1) is 5.71 Å². The number of piperidine rings is 1. The van der Waals surface area contributed by atoms with Crippen molar-refractivity contribution in [3.63, 3.8) is 0 Å². The molecule has 34 heavy (non-hydrogen) atoms. The lowest BCUT2D eigenvalue weighted by Gasteiger charge is -2.40. The molecule has 1 fully saturated rings. The highest BCUT2D eigenvalue weighted by Gasteiger charge is 2.54. The summed E-state index contributed by atoms with van der Waals surface area (Å²) >= 11 is 5.98. The number of ether oxygens (including phenoxy) is 2. The summed E-state index contributed by atoms with van der Waals surface area (Å²) in [4.78, 5) is 39.7. The fourth-order valence-corrected chi connectivity index (χ4v) is 4.62. The zero-order valence-electron chi connectivity index (χ0n) is 18.6.